The summed E-state index contributed by atoms with van der Waals surface area (Å²) in [5.41, 5.74) is 4.00. The molecule has 2 heterocycles. The van der Waals surface area contributed by atoms with Gasteiger partial charge in [-0.25, -0.2) is 0 Å². The number of ether oxygens (including phenoxy) is 1. The van der Waals surface area contributed by atoms with Crippen LogP contribution in [0.3, 0.4) is 0 Å². The van der Waals surface area contributed by atoms with Crippen LogP contribution < -0.4 is 0 Å². The molecule has 3 heteroatoms. The van der Waals surface area contributed by atoms with Gasteiger partial charge in [0.1, 0.15) is 0 Å². The van der Waals surface area contributed by atoms with Gasteiger partial charge < -0.3 is 4.74 Å². The zero-order valence-electron chi connectivity index (χ0n) is 10.7. The minimum absolute atomic E-state index is 0.177. The lowest BCUT2D eigenvalue weighted by Crippen LogP contribution is -2.10. The summed E-state index contributed by atoms with van der Waals surface area (Å²) in [5.74, 6) is 0. The van der Waals surface area contributed by atoms with Crippen molar-refractivity contribution >= 4 is 32.8 Å². The first-order valence-electron chi connectivity index (χ1n) is 6.34. The molecule has 0 spiro atoms. The second-order valence-electron chi connectivity index (χ2n) is 4.75. The van der Waals surface area contributed by atoms with E-state index in [1.165, 1.54) is 21.6 Å². The molecule has 98 valence electrons. The molecule has 0 aliphatic carbocycles. The lowest BCUT2D eigenvalue weighted by molar-refractivity contribution is 0.0730. The van der Waals surface area contributed by atoms with E-state index in [0.717, 1.165) is 10.9 Å². The Balaban J connectivity index is 1.83. The van der Waals surface area contributed by atoms with Gasteiger partial charge in [0.15, 0.2) is 0 Å². The van der Waals surface area contributed by atoms with Gasteiger partial charge in [0.2, 0.25) is 0 Å². The van der Waals surface area contributed by atoms with Crippen LogP contribution in [0.2, 0.25) is 0 Å². The zero-order chi connectivity index (χ0) is 13.2. The first kappa shape index (κ1) is 13.1. The van der Waals surface area contributed by atoms with Crippen LogP contribution in [-0.4, -0.2) is 6.61 Å². The molecule has 1 aliphatic rings. The molecule has 0 amide bonds. The first-order valence-corrected chi connectivity index (χ1v) is 8.02. The maximum atomic E-state index is 5.88. The van der Waals surface area contributed by atoms with Crippen molar-refractivity contribution in [1.29, 1.82) is 0 Å². The number of aryl methyl sites for hydroxylation is 1. The van der Waals surface area contributed by atoms with E-state index in [1.807, 2.05) is 0 Å². The van der Waals surface area contributed by atoms with Gasteiger partial charge in [-0.15, -0.1) is 11.3 Å². The second kappa shape index (κ2) is 5.61. The Morgan fingerprint density at radius 2 is 2.00 bits per heavy atom. The van der Waals surface area contributed by atoms with Gasteiger partial charge in [0, 0.05) is 15.8 Å². The van der Waals surface area contributed by atoms with Crippen LogP contribution >= 0.6 is 27.3 Å². The zero-order valence-corrected chi connectivity index (χ0v) is 13.1. The maximum Gasteiger partial charge on any atom is 0.0972 e. The van der Waals surface area contributed by atoms with Crippen molar-refractivity contribution in [2.24, 2.45) is 0 Å². The highest BCUT2D eigenvalue weighted by molar-refractivity contribution is 9.10. The fraction of sp³-hybridized carbons (Fsp3) is 0.250. The molecule has 1 aromatic heterocycles. The highest BCUT2D eigenvalue weighted by atomic mass is 79.9. The summed E-state index contributed by atoms with van der Waals surface area (Å²) in [4.78, 5) is 1.29. The molecule has 0 radical (unpaired) electrons. The van der Waals surface area contributed by atoms with Gasteiger partial charge >= 0.3 is 0 Å². The summed E-state index contributed by atoms with van der Waals surface area (Å²) in [6, 6.07) is 10.8. The number of benzene rings is 1. The van der Waals surface area contributed by atoms with Gasteiger partial charge in [0.05, 0.1) is 12.7 Å². The molecule has 1 aromatic carbocycles. The topological polar surface area (TPSA) is 9.23 Å². The first-order chi connectivity index (χ1) is 9.24. The van der Waals surface area contributed by atoms with E-state index in [4.69, 9.17) is 4.74 Å². The van der Waals surface area contributed by atoms with Crippen molar-refractivity contribution in [2.45, 2.75) is 19.4 Å². The van der Waals surface area contributed by atoms with E-state index in [9.17, 15) is 0 Å². The Kier molecular flexibility index (Phi) is 3.87. The highest BCUT2D eigenvalue weighted by Gasteiger charge is 2.21. The minimum atomic E-state index is 0.177. The summed E-state index contributed by atoms with van der Waals surface area (Å²) >= 11 is 5.36. The summed E-state index contributed by atoms with van der Waals surface area (Å²) in [7, 11) is 0. The van der Waals surface area contributed by atoms with Crippen LogP contribution in [0, 0.1) is 6.92 Å². The highest BCUT2D eigenvalue weighted by Crippen LogP contribution is 2.39. The van der Waals surface area contributed by atoms with Crippen LogP contribution in [-0.2, 0) is 4.74 Å². The molecule has 0 saturated heterocycles. The molecule has 1 nitrogen and oxygen atoms in total. The van der Waals surface area contributed by atoms with Crippen LogP contribution in [0.4, 0.5) is 0 Å². The summed E-state index contributed by atoms with van der Waals surface area (Å²) < 4.78 is 7.04. The summed E-state index contributed by atoms with van der Waals surface area (Å²) in [6.07, 6.45) is 3.32. The predicted octanol–water partition coefficient (Wildman–Crippen LogP) is 5.36. The lowest BCUT2D eigenvalue weighted by Gasteiger charge is -2.23. The summed E-state index contributed by atoms with van der Waals surface area (Å²) in [6.45, 7) is 2.81. The molecule has 2 aromatic rings. The monoisotopic (exact) mass is 334 g/mol. The molecule has 1 unspecified atom stereocenters. The van der Waals surface area contributed by atoms with Crippen LogP contribution in [0.15, 0.2) is 46.3 Å². The Bertz CT molecular complexity index is 597. The summed E-state index contributed by atoms with van der Waals surface area (Å²) in [5, 5.41) is 2.10. The van der Waals surface area contributed by atoms with Crippen molar-refractivity contribution in [3.05, 3.63) is 62.3 Å². The molecule has 0 N–H and O–H groups in total. The fourth-order valence-electron chi connectivity index (χ4n) is 2.31. The smallest absolute Gasteiger partial charge is 0.0972 e. The molecule has 0 bridgehead atoms. The minimum Gasteiger partial charge on any atom is -0.368 e. The van der Waals surface area contributed by atoms with E-state index >= 15 is 0 Å². The maximum absolute atomic E-state index is 5.88. The molecule has 19 heavy (non-hydrogen) atoms. The molecule has 1 aliphatic heterocycles. The van der Waals surface area contributed by atoms with Gasteiger partial charge in [-0.2, -0.15) is 0 Å². The predicted molar refractivity (Wildman–Crippen MR) is 84.5 cm³/mol. The Labute approximate surface area is 126 Å². The molecule has 1 atom stereocenters. The van der Waals surface area contributed by atoms with Gasteiger partial charge in [-0.05, 0) is 45.4 Å². The average molecular weight is 335 g/mol. The number of hydrogen-bond acceptors (Lipinski definition) is 2. The van der Waals surface area contributed by atoms with Crippen molar-refractivity contribution < 1.29 is 4.74 Å². The number of rotatable bonds is 2. The normalized spacial score (nSPS) is 19.3. The standard InChI is InChI=1S/C16H15BrOS/c1-11-2-4-12(5-3-11)13-6-8-18-15(10-13)16-14(17)7-9-19-16/h2-7,9,15H,8,10H2,1H3. The van der Waals surface area contributed by atoms with Crippen molar-refractivity contribution in [1.82, 2.24) is 0 Å². The van der Waals surface area contributed by atoms with E-state index in [1.54, 1.807) is 11.3 Å². The van der Waals surface area contributed by atoms with E-state index < -0.39 is 0 Å². The third-order valence-electron chi connectivity index (χ3n) is 3.39. The third-order valence-corrected chi connectivity index (χ3v) is 5.35. The molecule has 3 rings (SSSR count). The SMILES string of the molecule is Cc1ccc(C2=CCOC(c3sccc3Br)C2)cc1. The van der Waals surface area contributed by atoms with Gasteiger partial charge in [-0.1, -0.05) is 35.9 Å². The second-order valence-corrected chi connectivity index (χ2v) is 6.56. The van der Waals surface area contributed by atoms with Crippen molar-refractivity contribution in [2.75, 3.05) is 6.61 Å². The van der Waals surface area contributed by atoms with Crippen molar-refractivity contribution in [3.8, 4) is 0 Å². The lowest BCUT2D eigenvalue weighted by atomic mass is 9.96. The van der Waals surface area contributed by atoms with Crippen LogP contribution in [0.5, 0.6) is 0 Å². The van der Waals surface area contributed by atoms with E-state index in [-0.39, 0.29) is 6.10 Å². The number of thiophene rings is 1. The van der Waals surface area contributed by atoms with Crippen molar-refractivity contribution in [3.63, 3.8) is 0 Å². The van der Waals surface area contributed by atoms with Gasteiger partial charge in [-0.3, -0.25) is 0 Å². The largest absolute Gasteiger partial charge is 0.368 e. The molecule has 0 fully saturated rings. The van der Waals surface area contributed by atoms with Gasteiger partial charge in [0.25, 0.3) is 0 Å². The van der Waals surface area contributed by atoms with E-state index in [2.05, 4.69) is 64.6 Å². The third kappa shape index (κ3) is 2.83. The van der Waals surface area contributed by atoms with Crippen LogP contribution in [0.25, 0.3) is 5.57 Å². The molecular weight excluding hydrogens is 320 g/mol. The molecular formula is C16H15BrOS. The molecule has 0 saturated carbocycles. The van der Waals surface area contributed by atoms with E-state index in [0.29, 0.717) is 6.61 Å². The fourth-order valence-corrected chi connectivity index (χ4v) is 3.99. The Morgan fingerprint density at radius 1 is 1.21 bits per heavy atom. The average Bonchev–Trinajstić information content (AvgIpc) is 2.86. The number of hydrogen-bond donors (Lipinski definition) is 0. The quantitative estimate of drug-likeness (QED) is 0.717. The Hall–Kier alpha value is -0.900. The Morgan fingerprint density at radius 3 is 2.68 bits per heavy atom. The van der Waals surface area contributed by atoms with Crippen LogP contribution in [0.1, 0.15) is 28.5 Å². The number of halogens is 1.